The second-order valence-electron chi connectivity index (χ2n) is 20.3. The van der Waals surface area contributed by atoms with Crippen LogP contribution in [0.1, 0.15) is 335 Å². The molecule has 0 saturated heterocycles. The van der Waals surface area contributed by atoms with Crippen molar-refractivity contribution in [3.8, 4) is 0 Å². The quantitative estimate of drug-likeness (QED) is 0.0262. The second-order valence-corrected chi connectivity index (χ2v) is 20.3. The summed E-state index contributed by atoms with van der Waals surface area (Å²) in [6.45, 7) is 6.69. The lowest BCUT2D eigenvalue weighted by Crippen LogP contribution is -2.30. The van der Waals surface area contributed by atoms with E-state index in [1.54, 1.807) is 0 Å². The third-order valence-corrected chi connectivity index (χ3v) is 13.5. The Kier molecular flexibility index (Phi) is 54.2. The van der Waals surface area contributed by atoms with Gasteiger partial charge in [-0.05, 0) is 44.9 Å². The molecule has 0 aliphatic rings. The highest BCUT2D eigenvalue weighted by molar-refractivity contribution is 5.71. The number of hydrogen-bond donors (Lipinski definition) is 0. The predicted molar refractivity (Wildman–Crippen MR) is 284 cm³/mol. The second kappa shape index (κ2) is 55.7. The van der Waals surface area contributed by atoms with E-state index in [0.717, 1.165) is 57.8 Å². The molecule has 0 aliphatic carbocycles. The van der Waals surface area contributed by atoms with Gasteiger partial charge in [-0.25, -0.2) is 0 Å². The summed E-state index contributed by atoms with van der Waals surface area (Å²) < 4.78 is 16.9. The standard InChI is InChI=1S/C60H114O6/c1-4-7-10-13-16-19-22-25-27-29-30-32-34-36-39-42-45-48-51-54-60(63)66-57(55-64-58(61)52-49-46-43-40-37-24-21-18-15-12-9-6-3)56-65-59(62)53-50-47-44-41-38-35-33-31-28-26-23-20-17-14-11-8-5-2/h26,28,57H,4-25,27,29-56H2,1-3H3/b28-26-/t57-/m0/s1. The Morgan fingerprint density at radius 3 is 0.758 bits per heavy atom. The minimum absolute atomic E-state index is 0.0653. The third-order valence-electron chi connectivity index (χ3n) is 13.5. The Bertz CT molecular complexity index is 1020. The van der Waals surface area contributed by atoms with Gasteiger partial charge >= 0.3 is 17.9 Å². The number of allylic oxidation sites excluding steroid dienone is 2. The summed E-state index contributed by atoms with van der Waals surface area (Å²) in [6.07, 6.45) is 63.5. The van der Waals surface area contributed by atoms with Crippen molar-refractivity contribution in [3.63, 3.8) is 0 Å². The van der Waals surface area contributed by atoms with Gasteiger partial charge in [0, 0.05) is 19.3 Å². The number of carbonyl (C=O) groups excluding carboxylic acids is 3. The Morgan fingerprint density at radius 1 is 0.288 bits per heavy atom. The molecule has 0 fully saturated rings. The summed E-state index contributed by atoms with van der Waals surface area (Å²) in [5.74, 6) is -0.845. The van der Waals surface area contributed by atoms with Crippen LogP contribution in [0.5, 0.6) is 0 Å². The van der Waals surface area contributed by atoms with Gasteiger partial charge in [0.15, 0.2) is 6.10 Å². The van der Waals surface area contributed by atoms with E-state index in [2.05, 4.69) is 32.9 Å². The van der Waals surface area contributed by atoms with E-state index < -0.39 is 6.10 Å². The van der Waals surface area contributed by atoms with Gasteiger partial charge in [-0.1, -0.05) is 283 Å². The van der Waals surface area contributed by atoms with Gasteiger partial charge in [-0.2, -0.15) is 0 Å². The number of esters is 3. The van der Waals surface area contributed by atoms with Crippen molar-refractivity contribution >= 4 is 17.9 Å². The average Bonchev–Trinajstić information content (AvgIpc) is 3.31. The molecule has 0 rings (SSSR count). The smallest absolute Gasteiger partial charge is 0.306 e. The monoisotopic (exact) mass is 931 g/mol. The van der Waals surface area contributed by atoms with Crippen LogP contribution in [0.25, 0.3) is 0 Å². The Balaban J connectivity index is 4.28. The fraction of sp³-hybridized carbons (Fsp3) is 0.917. The predicted octanol–water partition coefficient (Wildman–Crippen LogP) is 19.7. The summed E-state index contributed by atoms with van der Waals surface area (Å²) in [4.78, 5) is 38.1. The SMILES string of the molecule is CCCCCCCC/C=C\CCCCCCCCCC(=O)OC[C@H](COC(=O)CCCCCCCCCCCCCC)OC(=O)CCCCCCCCCCCCCCCCCCCCC. The first kappa shape index (κ1) is 64.2. The maximum atomic E-state index is 12.9. The van der Waals surface area contributed by atoms with Gasteiger partial charge in [0.25, 0.3) is 0 Å². The number of carbonyl (C=O) groups is 3. The molecule has 0 radical (unpaired) electrons. The first-order valence-corrected chi connectivity index (χ1v) is 29.7. The van der Waals surface area contributed by atoms with Crippen LogP contribution in [-0.2, 0) is 28.6 Å². The molecule has 6 heteroatoms. The zero-order valence-electron chi connectivity index (χ0n) is 44.7. The molecule has 0 amide bonds. The third kappa shape index (κ3) is 53.1. The lowest BCUT2D eigenvalue weighted by Gasteiger charge is -2.18. The van der Waals surface area contributed by atoms with Crippen molar-refractivity contribution in [2.75, 3.05) is 13.2 Å². The Hall–Kier alpha value is -1.85. The molecular weight excluding hydrogens is 817 g/mol. The lowest BCUT2D eigenvalue weighted by molar-refractivity contribution is -0.167. The van der Waals surface area contributed by atoms with Crippen LogP contribution in [0.3, 0.4) is 0 Å². The van der Waals surface area contributed by atoms with Crippen molar-refractivity contribution in [3.05, 3.63) is 12.2 Å². The number of unbranched alkanes of at least 4 members (excludes halogenated alkanes) is 42. The van der Waals surface area contributed by atoms with Crippen molar-refractivity contribution in [1.29, 1.82) is 0 Å². The summed E-state index contributed by atoms with van der Waals surface area (Å²) in [5.41, 5.74) is 0. The number of hydrogen-bond acceptors (Lipinski definition) is 6. The molecule has 1 atom stereocenters. The summed E-state index contributed by atoms with van der Waals surface area (Å²) in [5, 5.41) is 0. The molecule has 0 aliphatic heterocycles. The van der Waals surface area contributed by atoms with Crippen molar-refractivity contribution in [1.82, 2.24) is 0 Å². The van der Waals surface area contributed by atoms with Gasteiger partial charge < -0.3 is 14.2 Å². The number of rotatable bonds is 55. The largest absolute Gasteiger partial charge is 0.462 e. The highest BCUT2D eigenvalue weighted by Gasteiger charge is 2.19. The topological polar surface area (TPSA) is 78.9 Å². The fourth-order valence-electron chi connectivity index (χ4n) is 9.03. The van der Waals surface area contributed by atoms with E-state index in [9.17, 15) is 14.4 Å². The van der Waals surface area contributed by atoms with Gasteiger partial charge in [-0.15, -0.1) is 0 Å². The van der Waals surface area contributed by atoms with Crippen LogP contribution in [-0.4, -0.2) is 37.2 Å². The molecule has 0 aromatic heterocycles. The molecule has 0 spiro atoms. The van der Waals surface area contributed by atoms with E-state index in [1.807, 2.05) is 0 Å². The highest BCUT2D eigenvalue weighted by Crippen LogP contribution is 2.17. The Labute approximate surface area is 411 Å². The van der Waals surface area contributed by atoms with Gasteiger partial charge in [0.2, 0.25) is 0 Å². The molecule has 66 heavy (non-hydrogen) atoms. The van der Waals surface area contributed by atoms with Crippen molar-refractivity contribution in [2.45, 2.75) is 341 Å². The van der Waals surface area contributed by atoms with E-state index in [0.29, 0.717) is 19.3 Å². The molecule has 0 N–H and O–H groups in total. The van der Waals surface area contributed by atoms with E-state index in [1.165, 1.54) is 238 Å². The van der Waals surface area contributed by atoms with Crippen molar-refractivity contribution in [2.24, 2.45) is 0 Å². The average molecular weight is 932 g/mol. The molecule has 0 aromatic rings. The summed E-state index contributed by atoms with van der Waals surface area (Å²) in [6, 6.07) is 0. The van der Waals surface area contributed by atoms with Gasteiger partial charge in [0.05, 0.1) is 0 Å². The van der Waals surface area contributed by atoms with Crippen LogP contribution in [0.15, 0.2) is 12.2 Å². The molecule has 0 bridgehead atoms. The molecule has 0 saturated carbocycles. The number of ether oxygens (including phenoxy) is 3. The lowest BCUT2D eigenvalue weighted by atomic mass is 10.0. The van der Waals surface area contributed by atoms with Gasteiger partial charge in [0.1, 0.15) is 13.2 Å². The zero-order chi connectivity index (χ0) is 47.9. The maximum absolute atomic E-state index is 12.9. The van der Waals surface area contributed by atoms with E-state index in [-0.39, 0.29) is 31.1 Å². The molecule has 0 unspecified atom stereocenters. The van der Waals surface area contributed by atoms with Crippen LogP contribution in [0.2, 0.25) is 0 Å². The molecule has 390 valence electrons. The van der Waals surface area contributed by atoms with Crippen LogP contribution in [0, 0.1) is 0 Å². The van der Waals surface area contributed by atoms with E-state index >= 15 is 0 Å². The van der Waals surface area contributed by atoms with Crippen LogP contribution in [0.4, 0.5) is 0 Å². The minimum Gasteiger partial charge on any atom is -0.462 e. The highest BCUT2D eigenvalue weighted by atomic mass is 16.6. The van der Waals surface area contributed by atoms with Gasteiger partial charge in [-0.3, -0.25) is 14.4 Å². The fourth-order valence-corrected chi connectivity index (χ4v) is 9.03. The summed E-state index contributed by atoms with van der Waals surface area (Å²) >= 11 is 0. The molecule has 6 nitrogen and oxygen atoms in total. The normalized spacial score (nSPS) is 12.0. The molecular formula is C60H114O6. The summed E-state index contributed by atoms with van der Waals surface area (Å²) in [7, 11) is 0. The Morgan fingerprint density at radius 2 is 0.500 bits per heavy atom. The molecule has 0 heterocycles. The van der Waals surface area contributed by atoms with Crippen molar-refractivity contribution < 1.29 is 28.6 Å². The van der Waals surface area contributed by atoms with E-state index in [4.69, 9.17) is 14.2 Å². The zero-order valence-corrected chi connectivity index (χ0v) is 44.7. The first-order chi connectivity index (χ1) is 32.5. The molecule has 0 aromatic carbocycles. The maximum Gasteiger partial charge on any atom is 0.306 e. The first-order valence-electron chi connectivity index (χ1n) is 29.7. The van der Waals surface area contributed by atoms with Crippen LogP contribution >= 0.6 is 0 Å². The minimum atomic E-state index is -0.766. The van der Waals surface area contributed by atoms with Crippen LogP contribution < -0.4 is 0 Å².